The van der Waals surface area contributed by atoms with Crippen molar-refractivity contribution in [2.24, 2.45) is 5.92 Å². The summed E-state index contributed by atoms with van der Waals surface area (Å²) in [5, 5.41) is 6.04. The van der Waals surface area contributed by atoms with E-state index < -0.39 is 0 Å². The number of carbonyl (C=O) groups is 1. The van der Waals surface area contributed by atoms with Crippen molar-refractivity contribution in [2.45, 2.75) is 18.7 Å². The van der Waals surface area contributed by atoms with Crippen LogP contribution >= 0.6 is 23.1 Å². The van der Waals surface area contributed by atoms with Crippen LogP contribution in [0.4, 0.5) is 0 Å². The van der Waals surface area contributed by atoms with E-state index in [0.717, 1.165) is 22.9 Å². The number of amides is 1. The van der Waals surface area contributed by atoms with E-state index in [4.69, 9.17) is 4.74 Å². The van der Waals surface area contributed by atoms with Crippen LogP contribution in [-0.4, -0.2) is 30.4 Å². The van der Waals surface area contributed by atoms with E-state index in [-0.39, 0.29) is 11.8 Å². The van der Waals surface area contributed by atoms with E-state index in [0.29, 0.717) is 19.8 Å². The fourth-order valence-corrected chi connectivity index (χ4v) is 3.20. The van der Waals surface area contributed by atoms with E-state index in [1.165, 1.54) is 0 Å². The van der Waals surface area contributed by atoms with E-state index in [2.05, 4.69) is 16.6 Å². The molecule has 0 bridgehead atoms. The molecule has 0 aliphatic carbocycles. The van der Waals surface area contributed by atoms with Gasteiger partial charge in [0.1, 0.15) is 5.01 Å². The normalized spacial score (nSPS) is 19.5. The Bertz CT molecular complexity index is 375. The molecule has 0 spiro atoms. The van der Waals surface area contributed by atoms with Crippen LogP contribution in [0.25, 0.3) is 0 Å². The lowest BCUT2D eigenvalue weighted by Crippen LogP contribution is -2.30. The third-order valence-electron chi connectivity index (χ3n) is 2.61. The van der Waals surface area contributed by atoms with Gasteiger partial charge in [0.25, 0.3) is 0 Å². The number of nitrogens with one attached hydrogen (secondary N) is 1. The van der Waals surface area contributed by atoms with E-state index in [1.54, 1.807) is 23.1 Å². The van der Waals surface area contributed by atoms with E-state index in [9.17, 15) is 4.79 Å². The molecule has 2 rings (SSSR count). The molecule has 1 atom stereocenters. The lowest BCUT2D eigenvalue weighted by atomic mass is 10.1. The fourth-order valence-electron chi connectivity index (χ4n) is 1.68. The summed E-state index contributed by atoms with van der Waals surface area (Å²) in [5.74, 6) is 1.05. The second-order valence-corrected chi connectivity index (χ2v) is 5.75. The van der Waals surface area contributed by atoms with Crippen LogP contribution in [-0.2, 0) is 21.8 Å². The molecule has 1 amide bonds. The maximum Gasteiger partial charge on any atom is 0.225 e. The van der Waals surface area contributed by atoms with Crippen LogP contribution in [0, 0.1) is 5.92 Å². The molecule has 2 heterocycles. The van der Waals surface area contributed by atoms with Gasteiger partial charge in [0.15, 0.2) is 0 Å². The van der Waals surface area contributed by atoms with Crippen molar-refractivity contribution in [1.29, 1.82) is 0 Å². The zero-order chi connectivity index (χ0) is 12.1. The molecular formula is C11H16N2O2S2. The molecule has 0 radical (unpaired) electrons. The molecule has 0 saturated carbocycles. The number of ether oxygens (including phenoxy) is 1. The summed E-state index contributed by atoms with van der Waals surface area (Å²) in [4.78, 5) is 16.2. The average molecular weight is 272 g/mol. The van der Waals surface area contributed by atoms with E-state index in [1.807, 2.05) is 5.38 Å². The van der Waals surface area contributed by atoms with Crippen molar-refractivity contribution in [3.05, 3.63) is 16.1 Å². The first-order valence-corrected chi connectivity index (χ1v) is 7.84. The first kappa shape index (κ1) is 12.9. The van der Waals surface area contributed by atoms with Crippen molar-refractivity contribution < 1.29 is 9.53 Å². The van der Waals surface area contributed by atoms with Gasteiger partial charge in [-0.15, -0.1) is 11.3 Å². The largest absolute Gasteiger partial charge is 0.381 e. The van der Waals surface area contributed by atoms with Gasteiger partial charge in [0, 0.05) is 17.7 Å². The molecule has 6 heteroatoms. The highest BCUT2D eigenvalue weighted by Crippen LogP contribution is 2.16. The van der Waals surface area contributed by atoms with Gasteiger partial charge < -0.3 is 10.1 Å². The van der Waals surface area contributed by atoms with Gasteiger partial charge in [-0.05, 0) is 12.7 Å². The monoisotopic (exact) mass is 272 g/mol. The lowest BCUT2D eigenvalue weighted by Gasteiger charge is -2.07. The fraction of sp³-hybridized carbons (Fsp3) is 0.636. The molecule has 94 valence electrons. The number of nitrogens with zero attached hydrogens (tertiary/aromatic N) is 1. The Morgan fingerprint density at radius 1 is 1.76 bits per heavy atom. The minimum absolute atomic E-state index is 0.0271. The smallest absolute Gasteiger partial charge is 0.225 e. The highest BCUT2D eigenvalue weighted by Gasteiger charge is 2.23. The first-order chi connectivity index (χ1) is 8.29. The zero-order valence-corrected chi connectivity index (χ0v) is 11.4. The predicted molar refractivity (Wildman–Crippen MR) is 70.1 cm³/mol. The maximum absolute atomic E-state index is 11.7. The minimum atomic E-state index is 0.0271. The van der Waals surface area contributed by atoms with Crippen LogP contribution in [0.15, 0.2) is 5.38 Å². The molecule has 1 fully saturated rings. The number of thiazole rings is 1. The summed E-state index contributed by atoms with van der Waals surface area (Å²) in [6.07, 6.45) is 2.89. The molecule has 1 saturated heterocycles. The Morgan fingerprint density at radius 3 is 3.35 bits per heavy atom. The van der Waals surface area contributed by atoms with E-state index >= 15 is 0 Å². The van der Waals surface area contributed by atoms with Crippen molar-refractivity contribution >= 4 is 29.0 Å². The molecular weight excluding hydrogens is 256 g/mol. The number of carbonyl (C=O) groups excluding carboxylic acids is 1. The van der Waals surface area contributed by atoms with Crippen LogP contribution in [0.3, 0.4) is 0 Å². The van der Waals surface area contributed by atoms with Gasteiger partial charge in [0.2, 0.25) is 5.91 Å². The average Bonchev–Trinajstić information content (AvgIpc) is 2.97. The van der Waals surface area contributed by atoms with Gasteiger partial charge in [0.05, 0.1) is 24.8 Å². The van der Waals surface area contributed by atoms with Crippen molar-refractivity contribution in [1.82, 2.24) is 10.3 Å². The molecule has 1 unspecified atom stereocenters. The van der Waals surface area contributed by atoms with Crippen LogP contribution in [0.1, 0.15) is 17.1 Å². The summed E-state index contributed by atoms with van der Waals surface area (Å²) in [6, 6.07) is 0. The van der Waals surface area contributed by atoms with Gasteiger partial charge in [-0.3, -0.25) is 4.79 Å². The number of thioether (sulfide) groups is 1. The Labute approximate surface area is 109 Å². The molecule has 1 aromatic heterocycles. The second kappa shape index (κ2) is 6.37. The molecule has 1 aliphatic rings. The number of rotatable bonds is 5. The quantitative estimate of drug-likeness (QED) is 0.885. The second-order valence-electron chi connectivity index (χ2n) is 3.94. The van der Waals surface area contributed by atoms with Crippen LogP contribution < -0.4 is 5.32 Å². The maximum atomic E-state index is 11.7. The molecule has 17 heavy (non-hydrogen) atoms. The first-order valence-electron chi connectivity index (χ1n) is 5.57. The number of hydrogen-bond acceptors (Lipinski definition) is 5. The molecule has 0 aromatic carbocycles. The van der Waals surface area contributed by atoms with Crippen LogP contribution in [0.5, 0.6) is 0 Å². The standard InChI is InChI=1S/C11H16N2O2S2/c1-16-7-10-13-9(6-17-10)4-12-11(14)8-2-3-15-5-8/h6,8H,2-5,7H2,1H3,(H,12,14). The summed E-state index contributed by atoms with van der Waals surface area (Å²) >= 11 is 3.41. The zero-order valence-electron chi connectivity index (χ0n) is 9.77. The highest BCUT2D eigenvalue weighted by molar-refractivity contribution is 7.97. The summed E-state index contributed by atoms with van der Waals surface area (Å²) < 4.78 is 5.19. The topological polar surface area (TPSA) is 51.2 Å². The Balaban J connectivity index is 1.78. The summed E-state index contributed by atoms with van der Waals surface area (Å²) in [6.45, 7) is 1.79. The highest BCUT2D eigenvalue weighted by atomic mass is 32.2. The number of aromatic nitrogens is 1. The van der Waals surface area contributed by atoms with Crippen molar-refractivity contribution in [3.8, 4) is 0 Å². The molecule has 1 aromatic rings. The Kier molecular flexibility index (Phi) is 4.82. The Hall–Kier alpha value is -0.590. The van der Waals surface area contributed by atoms with Gasteiger partial charge in [-0.1, -0.05) is 0 Å². The Morgan fingerprint density at radius 2 is 2.65 bits per heavy atom. The van der Waals surface area contributed by atoms with Gasteiger partial charge >= 0.3 is 0 Å². The lowest BCUT2D eigenvalue weighted by molar-refractivity contribution is -0.125. The third-order valence-corrected chi connectivity index (χ3v) is 4.25. The van der Waals surface area contributed by atoms with Crippen LogP contribution in [0.2, 0.25) is 0 Å². The van der Waals surface area contributed by atoms with Gasteiger partial charge in [-0.25, -0.2) is 4.98 Å². The molecule has 4 nitrogen and oxygen atoms in total. The summed E-state index contributed by atoms with van der Waals surface area (Å²) in [5.41, 5.74) is 0.950. The minimum Gasteiger partial charge on any atom is -0.381 e. The molecule has 1 N–H and O–H groups in total. The van der Waals surface area contributed by atoms with Crippen molar-refractivity contribution in [2.75, 3.05) is 19.5 Å². The van der Waals surface area contributed by atoms with Gasteiger partial charge in [-0.2, -0.15) is 11.8 Å². The molecule has 1 aliphatic heterocycles. The summed E-state index contributed by atoms with van der Waals surface area (Å²) in [7, 11) is 0. The third kappa shape index (κ3) is 3.69. The van der Waals surface area contributed by atoms with Crippen molar-refractivity contribution in [3.63, 3.8) is 0 Å². The number of hydrogen-bond donors (Lipinski definition) is 1. The predicted octanol–water partition coefficient (Wildman–Crippen LogP) is 1.66. The SMILES string of the molecule is CSCc1nc(CNC(=O)C2CCOC2)cs1.